The zero-order chi connectivity index (χ0) is 41.7. The molecule has 1 unspecified atom stereocenters. The first-order valence-corrected chi connectivity index (χ1v) is 20.2. The molecule has 7 rings (SSSR count). The lowest BCUT2D eigenvalue weighted by Gasteiger charge is -2.37. The summed E-state index contributed by atoms with van der Waals surface area (Å²) in [7, 11) is 0. The molecule has 3 aliphatic heterocycles. The summed E-state index contributed by atoms with van der Waals surface area (Å²) < 4.78 is 47.4. The molecule has 6 heterocycles. The number of aryl methyl sites for hydroxylation is 1. The highest BCUT2D eigenvalue weighted by Crippen LogP contribution is 2.33. The fourth-order valence-corrected chi connectivity index (χ4v) is 7.79. The Balaban J connectivity index is 0.848. The number of anilines is 2. The van der Waals surface area contributed by atoms with Crippen molar-refractivity contribution < 1.29 is 37.1 Å². The molecular weight excluding hydrogens is 768 g/mol. The van der Waals surface area contributed by atoms with Crippen LogP contribution in [0.1, 0.15) is 79.3 Å². The van der Waals surface area contributed by atoms with Gasteiger partial charge < -0.3 is 24.7 Å². The number of halogens is 3. The highest BCUT2D eigenvalue weighted by Gasteiger charge is 2.33. The Morgan fingerprint density at radius 3 is 2.37 bits per heavy atom. The number of piperazine rings is 1. The van der Waals surface area contributed by atoms with Gasteiger partial charge in [-0.15, -0.1) is 0 Å². The number of imidazole rings is 1. The third-order valence-corrected chi connectivity index (χ3v) is 11.0. The number of carbonyl (C=O) groups excluding carboxylic acids is 4. The highest BCUT2D eigenvalue weighted by atomic mass is 19.4. The number of fused-ring (bicyclic) bond motifs is 1. The van der Waals surface area contributed by atoms with E-state index in [9.17, 15) is 32.3 Å². The highest BCUT2D eigenvalue weighted by molar-refractivity contribution is 6.04. The third-order valence-electron chi connectivity index (χ3n) is 11.0. The number of hydrogen-bond donors (Lipinski definition) is 3. The molecular formula is C42H50F3N9O5. The van der Waals surface area contributed by atoms with Crippen LogP contribution in [-0.4, -0.2) is 117 Å². The van der Waals surface area contributed by atoms with Crippen LogP contribution in [0.4, 0.5) is 24.5 Å². The van der Waals surface area contributed by atoms with Crippen LogP contribution in [0.5, 0.6) is 5.75 Å². The number of nitrogens with zero attached hydrogens (tertiary/aromatic N) is 6. The first kappa shape index (κ1) is 41.6. The number of ether oxygens (including phenoxy) is 1. The largest absolute Gasteiger partial charge is 0.489 e. The third kappa shape index (κ3) is 10.7. The Labute approximate surface area is 340 Å². The van der Waals surface area contributed by atoms with Crippen molar-refractivity contribution in [1.29, 1.82) is 0 Å². The summed E-state index contributed by atoms with van der Waals surface area (Å²) in [5.41, 5.74) is 2.32. The van der Waals surface area contributed by atoms with E-state index in [1.54, 1.807) is 16.7 Å². The number of nitrogens with one attached hydrogen (secondary N) is 3. The SMILES string of the molecule is CC(C)Oc1cc2nc(C3CCN(CC(=O)N4CCN(CCCc5ccc(NC6CCC(=O)NC6=O)cc5)CC4)CC3)cn2cc1NC(=O)c1cccc(C(F)(F)F)n1. The quantitative estimate of drug-likeness (QED) is 0.158. The summed E-state index contributed by atoms with van der Waals surface area (Å²) in [4.78, 5) is 64.7. The maximum atomic E-state index is 13.3. The standard InChI is InChI=1S/C42H50F3N9O5/c1-27(2)59-35-23-37-48-33(24-54(37)25-34(35)49-40(57)31-6-3-7-36(47-31)42(43,44)45)29-14-17-52(18-15-29)26-39(56)53-21-19-51(20-22-53)16-4-5-28-8-10-30(11-9-28)46-32-12-13-38(55)50-41(32)58/h3,6-11,23-25,27,29,32,46H,4-5,12-22,26H2,1-2H3,(H,49,57)(H,50,55,58). The molecule has 3 aromatic heterocycles. The fourth-order valence-electron chi connectivity index (χ4n) is 7.79. The number of alkyl halides is 3. The minimum Gasteiger partial charge on any atom is -0.489 e. The lowest BCUT2D eigenvalue weighted by molar-refractivity contribution is -0.141. The van der Waals surface area contributed by atoms with Gasteiger partial charge in [0.1, 0.15) is 34.5 Å². The van der Waals surface area contributed by atoms with Gasteiger partial charge in [0.25, 0.3) is 5.91 Å². The number of rotatable bonds is 13. The summed E-state index contributed by atoms with van der Waals surface area (Å²) in [5.74, 6) is -0.659. The molecule has 17 heteroatoms. The number of hydrogen-bond acceptors (Lipinski definition) is 10. The second-order valence-corrected chi connectivity index (χ2v) is 15.7. The molecule has 1 atom stereocenters. The van der Waals surface area contributed by atoms with E-state index in [1.807, 2.05) is 37.1 Å². The van der Waals surface area contributed by atoms with Crippen LogP contribution >= 0.6 is 0 Å². The average Bonchev–Trinajstić information content (AvgIpc) is 3.62. The van der Waals surface area contributed by atoms with Gasteiger partial charge in [-0.2, -0.15) is 13.2 Å². The van der Waals surface area contributed by atoms with Gasteiger partial charge in [-0.25, -0.2) is 9.97 Å². The van der Waals surface area contributed by atoms with E-state index in [-0.39, 0.29) is 41.1 Å². The van der Waals surface area contributed by atoms with Crippen LogP contribution < -0.4 is 20.7 Å². The zero-order valence-electron chi connectivity index (χ0n) is 33.3. The maximum absolute atomic E-state index is 13.3. The Morgan fingerprint density at radius 2 is 1.68 bits per heavy atom. The number of amides is 4. The second kappa shape index (κ2) is 18.2. The van der Waals surface area contributed by atoms with E-state index in [4.69, 9.17) is 9.72 Å². The topological polar surface area (TPSA) is 154 Å². The number of pyridine rings is 2. The van der Waals surface area contributed by atoms with Crippen LogP contribution in [0.2, 0.25) is 0 Å². The number of likely N-dealkylation sites (tertiary alicyclic amines) is 1. The predicted molar refractivity (Wildman–Crippen MR) is 214 cm³/mol. The molecule has 3 aliphatic rings. The minimum atomic E-state index is -4.68. The normalized spacial score (nSPS) is 18.6. The van der Waals surface area contributed by atoms with Crippen LogP contribution in [0.25, 0.3) is 5.65 Å². The summed E-state index contributed by atoms with van der Waals surface area (Å²) in [6.45, 7) is 9.60. The first-order valence-electron chi connectivity index (χ1n) is 20.2. The van der Waals surface area contributed by atoms with E-state index < -0.39 is 23.8 Å². The maximum Gasteiger partial charge on any atom is 0.433 e. The van der Waals surface area contributed by atoms with Gasteiger partial charge in [-0.1, -0.05) is 18.2 Å². The van der Waals surface area contributed by atoms with Gasteiger partial charge in [0, 0.05) is 62.7 Å². The minimum absolute atomic E-state index is 0.148. The average molecular weight is 818 g/mol. The van der Waals surface area contributed by atoms with Crippen molar-refractivity contribution in [3.8, 4) is 5.75 Å². The van der Waals surface area contributed by atoms with E-state index in [0.29, 0.717) is 43.9 Å². The van der Waals surface area contributed by atoms with Gasteiger partial charge in [0.15, 0.2) is 0 Å². The second-order valence-electron chi connectivity index (χ2n) is 15.7. The van der Waals surface area contributed by atoms with Crippen molar-refractivity contribution in [2.24, 2.45) is 0 Å². The van der Waals surface area contributed by atoms with E-state index in [1.165, 1.54) is 11.6 Å². The fraction of sp³-hybridized carbons (Fsp3) is 0.476. The van der Waals surface area contributed by atoms with Crippen molar-refractivity contribution in [2.75, 3.05) is 63.0 Å². The molecule has 0 aliphatic carbocycles. The smallest absolute Gasteiger partial charge is 0.433 e. The van der Waals surface area contributed by atoms with Crippen LogP contribution in [-0.2, 0) is 27.0 Å². The summed E-state index contributed by atoms with van der Waals surface area (Å²) in [5, 5.41) is 8.25. The van der Waals surface area contributed by atoms with Crippen molar-refractivity contribution in [1.82, 2.24) is 34.4 Å². The van der Waals surface area contributed by atoms with Gasteiger partial charge >= 0.3 is 6.18 Å². The number of benzene rings is 1. The van der Waals surface area contributed by atoms with Gasteiger partial charge in [-0.05, 0) is 95.4 Å². The van der Waals surface area contributed by atoms with E-state index in [0.717, 1.165) is 81.9 Å². The molecule has 59 heavy (non-hydrogen) atoms. The first-order chi connectivity index (χ1) is 28.3. The van der Waals surface area contributed by atoms with E-state index >= 15 is 0 Å². The molecule has 4 aromatic rings. The molecule has 3 fully saturated rings. The summed E-state index contributed by atoms with van der Waals surface area (Å²) >= 11 is 0. The molecule has 0 radical (unpaired) electrons. The molecule has 3 saturated heterocycles. The lowest BCUT2D eigenvalue weighted by Crippen LogP contribution is -2.51. The van der Waals surface area contributed by atoms with Crippen LogP contribution in [0, 0.1) is 0 Å². The van der Waals surface area contributed by atoms with Crippen LogP contribution in [0.15, 0.2) is 60.9 Å². The summed E-state index contributed by atoms with van der Waals surface area (Å²) in [6.07, 6.45) is 3.02. The number of aromatic nitrogens is 3. The Bertz CT molecular complexity index is 2140. The molecule has 4 amide bonds. The Hall–Kier alpha value is -5.55. The molecule has 3 N–H and O–H groups in total. The molecule has 0 bridgehead atoms. The molecule has 0 spiro atoms. The molecule has 14 nitrogen and oxygen atoms in total. The van der Waals surface area contributed by atoms with Crippen LogP contribution in [0.3, 0.4) is 0 Å². The van der Waals surface area contributed by atoms with Gasteiger partial charge in [-0.3, -0.25) is 34.3 Å². The van der Waals surface area contributed by atoms with Crippen molar-refractivity contribution in [3.05, 3.63) is 83.6 Å². The number of piperidine rings is 2. The number of carbonyl (C=O) groups is 4. The zero-order valence-corrected chi connectivity index (χ0v) is 33.3. The van der Waals surface area contributed by atoms with Crippen molar-refractivity contribution in [2.45, 2.75) is 76.6 Å². The lowest BCUT2D eigenvalue weighted by atomic mass is 9.94. The number of imide groups is 1. The Morgan fingerprint density at radius 1 is 0.932 bits per heavy atom. The van der Waals surface area contributed by atoms with Crippen molar-refractivity contribution in [3.63, 3.8) is 0 Å². The Kier molecular flexibility index (Phi) is 12.8. The molecule has 0 saturated carbocycles. The summed E-state index contributed by atoms with van der Waals surface area (Å²) in [6, 6.07) is 12.6. The van der Waals surface area contributed by atoms with Crippen molar-refractivity contribution >= 4 is 40.7 Å². The monoisotopic (exact) mass is 817 g/mol. The van der Waals surface area contributed by atoms with E-state index in [2.05, 4.69) is 42.9 Å². The molecule has 1 aromatic carbocycles. The van der Waals surface area contributed by atoms with Gasteiger partial charge in [0.2, 0.25) is 17.7 Å². The molecule has 314 valence electrons. The van der Waals surface area contributed by atoms with Gasteiger partial charge in [0.05, 0.1) is 18.3 Å². The predicted octanol–water partition coefficient (Wildman–Crippen LogP) is 4.96.